The standard InChI is InChI=1S/C29H27F4N3O/c1-35(2)19-5-18-34-28(37)22-10-8-20(9-11-22)25-16-17-26(21-12-14-23(30)15-13-21)36(25)27-7-4-3-6-24(27)29(31,32)33/h3-4,6-17H,5,18-19H2,1-2H3,(H,34,37). The van der Waals surface area contributed by atoms with Gasteiger partial charge in [0, 0.05) is 12.1 Å². The molecule has 4 aromatic rings. The van der Waals surface area contributed by atoms with E-state index in [0.29, 0.717) is 34.6 Å². The van der Waals surface area contributed by atoms with E-state index in [1.807, 2.05) is 19.0 Å². The van der Waals surface area contributed by atoms with Crippen LogP contribution in [0, 0.1) is 5.82 Å². The Bertz CT molecular complexity index is 1360. The minimum absolute atomic E-state index is 0.0444. The van der Waals surface area contributed by atoms with Gasteiger partial charge >= 0.3 is 6.18 Å². The molecular weight excluding hydrogens is 482 g/mol. The van der Waals surface area contributed by atoms with Crippen molar-refractivity contribution < 1.29 is 22.4 Å². The first kappa shape index (κ1) is 26.2. The average molecular weight is 510 g/mol. The van der Waals surface area contributed by atoms with Crippen molar-refractivity contribution in [2.24, 2.45) is 0 Å². The van der Waals surface area contributed by atoms with Crippen molar-refractivity contribution in [3.05, 3.63) is 102 Å². The van der Waals surface area contributed by atoms with Crippen LogP contribution in [0.4, 0.5) is 17.6 Å². The highest BCUT2D eigenvalue weighted by Gasteiger charge is 2.34. The molecule has 192 valence electrons. The number of carbonyl (C=O) groups is 1. The molecule has 0 aliphatic rings. The van der Waals surface area contributed by atoms with Crippen LogP contribution in [-0.4, -0.2) is 42.6 Å². The quantitative estimate of drug-likeness (QED) is 0.213. The molecule has 1 N–H and O–H groups in total. The molecule has 0 fully saturated rings. The van der Waals surface area contributed by atoms with E-state index in [2.05, 4.69) is 5.32 Å². The maximum atomic E-state index is 14.0. The van der Waals surface area contributed by atoms with E-state index in [9.17, 15) is 22.4 Å². The molecule has 0 saturated carbocycles. The minimum Gasteiger partial charge on any atom is -0.352 e. The summed E-state index contributed by atoms with van der Waals surface area (Å²) in [5, 5.41) is 2.88. The third-order valence-electron chi connectivity index (χ3n) is 5.98. The number of aromatic nitrogens is 1. The Morgan fingerprint density at radius 1 is 0.838 bits per heavy atom. The number of hydrogen-bond acceptors (Lipinski definition) is 2. The van der Waals surface area contributed by atoms with Crippen molar-refractivity contribution in [1.29, 1.82) is 0 Å². The molecular formula is C29H27F4N3O. The first-order valence-electron chi connectivity index (χ1n) is 11.8. The number of para-hydroxylation sites is 1. The maximum Gasteiger partial charge on any atom is 0.418 e. The number of nitrogens with zero attached hydrogens (tertiary/aromatic N) is 2. The number of rotatable bonds is 8. The van der Waals surface area contributed by atoms with Crippen LogP contribution < -0.4 is 5.32 Å². The number of alkyl halides is 3. The molecule has 4 nitrogen and oxygen atoms in total. The number of amides is 1. The fourth-order valence-electron chi connectivity index (χ4n) is 4.17. The van der Waals surface area contributed by atoms with Crippen molar-refractivity contribution >= 4 is 5.91 Å². The molecule has 0 aliphatic heterocycles. The van der Waals surface area contributed by atoms with Gasteiger partial charge < -0.3 is 14.8 Å². The van der Waals surface area contributed by atoms with Gasteiger partial charge in [-0.05, 0) is 98.9 Å². The number of nitrogens with one attached hydrogen (secondary N) is 1. The second kappa shape index (κ2) is 11.0. The molecule has 0 bridgehead atoms. The van der Waals surface area contributed by atoms with Gasteiger partial charge in [-0.3, -0.25) is 4.79 Å². The molecule has 37 heavy (non-hydrogen) atoms. The summed E-state index contributed by atoms with van der Waals surface area (Å²) in [7, 11) is 3.93. The van der Waals surface area contributed by atoms with E-state index >= 15 is 0 Å². The van der Waals surface area contributed by atoms with Crippen molar-refractivity contribution in [1.82, 2.24) is 14.8 Å². The van der Waals surface area contributed by atoms with Gasteiger partial charge in [-0.1, -0.05) is 24.3 Å². The topological polar surface area (TPSA) is 37.3 Å². The second-order valence-electron chi connectivity index (χ2n) is 8.95. The van der Waals surface area contributed by atoms with E-state index in [0.717, 1.165) is 19.0 Å². The summed E-state index contributed by atoms with van der Waals surface area (Å²) in [6.45, 7) is 1.39. The summed E-state index contributed by atoms with van der Waals surface area (Å²) >= 11 is 0. The van der Waals surface area contributed by atoms with Gasteiger partial charge in [-0.25, -0.2) is 4.39 Å². The average Bonchev–Trinajstić information content (AvgIpc) is 3.31. The largest absolute Gasteiger partial charge is 0.418 e. The number of halogens is 4. The molecule has 8 heteroatoms. The first-order chi connectivity index (χ1) is 17.6. The summed E-state index contributed by atoms with van der Waals surface area (Å²) in [5.41, 5.74) is 1.82. The molecule has 0 saturated heterocycles. The van der Waals surface area contributed by atoms with E-state index in [4.69, 9.17) is 0 Å². The highest BCUT2D eigenvalue weighted by atomic mass is 19.4. The van der Waals surface area contributed by atoms with Crippen LogP contribution in [0.1, 0.15) is 22.3 Å². The fraction of sp³-hybridized carbons (Fsp3) is 0.207. The third kappa shape index (κ3) is 6.09. The maximum absolute atomic E-state index is 14.0. The van der Waals surface area contributed by atoms with Crippen molar-refractivity contribution in [3.63, 3.8) is 0 Å². The summed E-state index contributed by atoms with van der Waals surface area (Å²) in [4.78, 5) is 14.5. The van der Waals surface area contributed by atoms with Crippen LogP contribution in [0.5, 0.6) is 0 Å². The van der Waals surface area contributed by atoms with Gasteiger partial charge in [-0.2, -0.15) is 13.2 Å². The lowest BCUT2D eigenvalue weighted by molar-refractivity contribution is -0.137. The molecule has 1 amide bonds. The molecule has 0 unspecified atom stereocenters. The molecule has 0 radical (unpaired) electrons. The van der Waals surface area contributed by atoms with Crippen LogP contribution in [-0.2, 0) is 6.18 Å². The van der Waals surface area contributed by atoms with Crippen LogP contribution >= 0.6 is 0 Å². The lowest BCUT2D eigenvalue weighted by Crippen LogP contribution is -2.27. The minimum atomic E-state index is -4.58. The number of benzene rings is 3. The Morgan fingerprint density at radius 2 is 1.41 bits per heavy atom. The Hall–Kier alpha value is -3.91. The molecule has 0 aliphatic carbocycles. The molecule has 1 heterocycles. The fourth-order valence-corrected chi connectivity index (χ4v) is 4.17. The zero-order valence-corrected chi connectivity index (χ0v) is 20.5. The number of hydrogen-bond donors (Lipinski definition) is 1. The Kier molecular flexibility index (Phi) is 7.78. The van der Waals surface area contributed by atoms with Crippen LogP contribution in [0.25, 0.3) is 28.2 Å². The van der Waals surface area contributed by atoms with Crippen LogP contribution in [0.2, 0.25) is 0 Å². The van der Waals surface area contributed by atoms with Crippen LogP contribution in [0.15, 0.2) is 84.9 Å². The van der Waals surface area contributed by atoms with Gasteiger partial charge in [-0.15, -0.1) is 0 Å². The number of carbonyl (C=O) groups excluding carboxylic acids is 1. The predicted molar refractivity (Wildman–Crippen MR) is 137 cm³/mol. The Balaban J connectivity index is 1.73. The van der Waals surface area contributed by atoms with Gasteiger partial charge in [0.05, 0.1) is 22.6 Å². The summed E-state index contributed by atoms with van der Waals surface area (Å²) in [6, 6.07) is 21.1. The molecule has 4 rings (SSSR count). The smallest absolute Gasteiger partial charge is 0.352 e. The monoisotopic (exact) mass is 509 g/mol. The van der Waals surface area contributed by atoms with E-state index in [-0.39, 0.29) is 11.6 Å². The van der Waals surface area contributed by atoms with E-state index < -0.39 is 17.6 Å². The lowest BCUT2D eigenvalue weighted by atomic mass is 10.1. The Morgan fingerprint density at radius 3 is 1.97 bits per heavy atom. The van der Waals surface area contributed by atoms with E-state index in [1.165, 1.54) is 41.0 Å². The van der Waals surface area contributed by atoms with Crippen molar-refractivity contribution in [3.8, 4) is 28.2 Å². The predicted octanol–water partition coefficient (Wildman–Crippen LogP) is 6.65. The summed E-state index contributed by atoms with van der Waals surface area (Å²) in [5.74, 6) is -0.650. The molecule has 3 aromatic carbocycles. The van der Waals surface area contributed by atoms with Gasteiger partial charge in [0.25, 0.3) is 5.91 Å². The molecule has 1 aromatic heterocycles. The highest BCUT2D eigenvalue weighted by Crippen LogP contribution is 2.39. The second-order valence-corrected chi connectivity index (χ2v) is 8.95. The zero-order chi connectivity index (χ0) is 26.6. The van der Waals surface area contributed by atoms with Gasteiger partial charge in [0.1, 0.15) is 5.82 Å². The highest BCUT2D eigenvalue weighted by molar-refractivity contribution is 5.94. The zero-order valence-electron chi connectivity index (χ0n) is 20.5. The van der Waals surface area contributed by atoms with Gasteiger partial charge in [0.15, 0.2) is 0 Å². The first-order valence-corrected chi connectivity index (χ1v) is 11.8. The molecule has 0 spiro atoms. The third-order valence-corrected chi connectivity index (χ3v) is 5.98. The van der Waals surface area contributed by atoms with Crippen molar-refractivity contribution in [2.75, 3.05) is 27.2 Å². The van der Waals surface area contributed by atoms with E-state index in [1.54, 1.807) is 42.5 Å². The molecule has 0 atom stereocenters. The SMILES string of the molecule is CN(C)CCCNC(=O)c1ccc(-c2ccc(-c3ccc(F)cc3)n2-c2ccccc2C(F)(F)F)cc1. The normalized spacial score (nSPS) is 11.6. The lowest BCUT2D eigenvalue weighted by Gasteiger charge is -2.19. The van der Waals surface area contributed by atoms with Crippen LogP contribution in [0.3, 0.4) is 0 Å². The summed E-state index contributed by atoms with van der Waals surface area (Å²) in [6.07, 6.45) is -3.76. The van der Waals surface area contributed by atoms with Crippen molar-refractivity contribution in [2.45, 2.75) is 12.6 Å². The summed E-state index contributed by atoms with van der Waals surface area (Å²) < 4.78 is 57.0. The van der Waals surface area contributed by atoms with Gasteiger partial charge in [0.2, 0.25) is 0 Å². The Labute approximate surface area is 213 Å².